The number of benzene rings is 2. The molecule has 0 saturated heterocycles. The van der Waals surface area contributed by atoms with Crippen LogP contribution in [0.5, 0.6) is 17.2 Å². The molecule has 1 aliphatic heterocycles. The largest absolute Gasteiger partial charge is 0.493 e. The summed E-state index contributed by atoms with van der Waals surface area (Å²) in [6.07, 6.45) is 1.67. The molecule has 0 saturated carbocycles. The Morgan fingerprint density at radius 3 is 2.72 bits per heavy atom. The summed E-state index contributed by atoms with van der Waals surface area (Å²) in [5, 5.41) is 8.80. The molecular formula is C29H29N3O6S. The zero-order chi connectivity index (χ0) is 28.1. The Labute approximate surface area is 229 Å². The molecule has 10 heteroatoms. The molecule has 0 radical (unpaired) electrons. The van der Waals surface area contributed by atoms with Gasteiger partial charge in [-0.3, -0.25) is 9.36 Å². The number of hydrogen-bond donors (Lipinski definition) is 0. The summed E-state index contributed by atoms with van der Waals surface area (Å²) in [6.45, 7) is 7.41. The summed E-state index contributed by atoms with van der Waals surface area (Å²) >= 11 is 1.22. The summed E-state index contributed by atoms with van der Waals surface area (Å²) in [7, 11) is 1.54. The third-order valence-corrected chi connectivity index (χ3v) is 6.83. The lowest BCUT2D eigenvalue weighted by molar-refractivity contribution is -0.139. The topological polar surface area (TPSA) is 112 Å². The third-order valence-electron chi connectivity index (χ3n) is 5.84. The van der Waals surface area contributed by atoms with Crippen LogP contribution in [0.4, 0.5) is 0 Å². The molecule has 0 spiro atoms. The van der Waals surface area contributed by atoms with Crippen molar-refractivity contribution in [2.75, 3.05) is 20.3 Å². The maximum absolute atomic E-state index is 13.8. The lowest BCUT2D eigenvalue weighted by Crippen LogP contribution is -2.40. The van der Waals surface area contributed by atoms with Crippen molar-refractivity contribution < 1.29 is 23.7 Å². The van der Waals surface area contributed by atoms with Gasteiger partial charge in [-0.2, -0.15) is 5.26 Å². The molecule has 2 heterocycles. The molecule has 1 aromatic heterocycles. The fourth-order valence-electron chi connectivity index (χ4n) is 4.27. The molecule has 0 aliphatic carbocycles. The van der Waals surface area contributed by atoms with Gasteiger partial charge in [0.1, 0.15) is 11.8 Å². The highest BCUT2D eigenvalue weighted by Crippen LogP contribution is 2.36. The van der Waals surface area contributed by atoms with Gasteiger partial charge in [-0.05, 0) is 69.2 Å². The molecule has 1 aliphatic rings. The van der Waals surface area contributed by atoms with Crippen molar-refractivity contribution in [1.29, 1.82) is 5.26 Å². The number of allylic oxidation sites excluding steroid dienone is 1. The van der Waals surface area contributed by atoms with Crippen LogP contribution in [-0.2, 0) is 9.53 Å². The van der Waals surface area contributed by atoms with Crippen molar-refractivity contribution in [3.05, 3.63) is 84.5 Å². The Morgan fingerprint density at radius 2 is 2.03 bits per heavy atom. The van der Waals surface area contributed by atoms with E-state index in [1.165, 1.54) is 15.9 Å². The van der Waals surface area contributed by atoms with E-state index in [-0.39, 0.29) is 30.5 Å². The van der Waals surface area contributed by atoms with Crippen LogP contribution in [0.1, 0.15) is 44.9 Å². The number of thiazole rings is 1. The van der Waals surface area contributed by atoms with E-state index in [1.807, 2.05) is 32.0 Å². The van der Waals surface area contributed by atoms with Gasteiger partial charge in [0.25, 0.3) is 5.56 Å². The first kappa shape index (κ1) is 27.7. The highest BCUT2D eigenvalue weighted by atomic mass is 32.1. The normalized spacial score (nSPS) is 14.9. The summed E-state index contributed by atoms with van der Waals surface area (Å²) in [5.74, 6) is 1.02. The molecule has 3 aromatic rings. The fraction of sp³-hybridized carbons (Fsp3) is 0.310. The minimum absolute atomic E-state index is 0.0662. The van der Waals surface area contributed by atoms with Crippen molar-refractivity contribution in [3.63, 3.8) is 0 Å². The number of nitriles is 1. The number of esters is 1. The molecule has 0 unspecified atom stereocenters. The van der Waals surface area contributed by atoms with Crippen LogP contribution in [-0.4, -0.2) is 37.0 Å². The maximum atomic E-state index is 13.8. The quantitative estimate of drug-likeness (QED) is 0.377. The van der Waals surface area contributed by atoms with E-state index < -0.39 is 12.0 Å². The molecule has 202 valence electrons. The number of ether oxygens (including phenoxy) is 4. The summed E-state index contributed by atoms with van der Waals surface area (Å²) in [6, 6.07) is 13.6. The monoisotopic (exact) mass is 547 g/mol. The maximum Gasteiger partial charge on any atom is 0.338 e. The fourth-order valence-corrected chi connectivity index (χ4v) is 5.32. The standard InChI is InChI=1S/C29H29N3O6S/c1-6-36-28(34)25-18(4)31-29-32(26(25)20-10-11-22(38-17(2)3)23(16-20)35-5)27(33)24(39-29)15-19-8-7-9-21(14-19)37-13-12-30/h7-11,14-17,26H,6,13H2,1-5H3/b24-15+/t26-/m1/s1. The molecule has 2 aromatic carbocycles. The van der Waals surface area contributed by atoms with E-state index in [0.717, 1.165) is 5.56 Å². The van der Waals surface area contributed by atoms with Crippen LogP contribution in [0, 0.1) is 11.3 Å². The number of fused-ring (bicyclic) bond motifs is 1. The SMILES string of the molecule is CCOC(=O)C1=C(C)N=c2s/c(=C/c3cccc(OCC#N)c3)c(=O)n2[C@@H]1c1ccc(OC(C)C)c(OC)c1. The van der Waals surface area contributed by atoms with E-state index in [9.17, 15) is 9.59 Å². The summed E-state index contributed by atoms with van der Waals surface area (Å²) in [5.41, 5.74) is 1.83. The van der Waals surface area contributed by atoms with Crippen molar-refractivity contribution in [2.45, 2.75) is 39.8 Å². The lowest BCUT2D eigenvalue weighted by atomic mass is 9.95. The van der Waals surface area contributed by atoms with Gasteiger partial charge in [0.2, 0.25) is 0 Å². The molecule has 39 heavy (non-hydrogen) atoms. The van der Waals surface area contributed by atoms with Crippen molar-refractivity contribution in [3.8, 4) is 23.3 Å². The zero-order valence-corrected chi connectivity index (χ0v) is 23.2. The number of aromatic nitrogens is 1. The third kappa shape index (κ3) is 5.89. The number of hydrogen-bond acceptors (Lipinski definition) is 9. The first-order chi connectivity index (χ1) is 18.8. The van der Waals surface area contributed by atoms with Crippen LogP contribution in [0.25, 0.3) is 6.08 Å². The Morgan fingerprint density at radius 1 is 1.23 bits per heavy atom. The van der Waals surface area contributed by atoms with E-state index in [1.54, 1.807) is 57.4 Å². The Bertz CT molecular complexity index is 1640. The minimum Gasteiger partial charge on any atom is -0.493 e. The van der Waals surface area contributed by atoms with Crippen molar-refractivity contribution >= 4 is 23.4 Å². The lowest BCUT2D eigenvalue weighted by Gasteiger charge is -2.25. The number of carbonyl (C=O) groups excluding carboxylic acids is 1. The van der Waals surface area contributed by atoms with Crippen LogP contribution < -0.4 is 29.1 Å². The van der Waals surface area contributed by atoms with E-state index in [2.05, 4.69) is 4.99 Å². The number of carbonyl (C=O) groups is 1. The smallest absolute Gasteiger partial charge is 0.338 e. The Kier molecular flexibility index (Phi) is 8.52. The first-order valence-corrected chi connectivity index (χ1v) is 13.2. The average molecular weight is 548 g/mol. The molecule has 0 bridgehead atoms. The second-order valence-corrected chi connectivity index (χ2v) is 9.91. The van der Waals surface area contributed by atoms with Crippen LogP contribution in [0.2, 0.25) is 0 Å². The Balaban J connectivity index is 1.90. The number of nitrogens with zero attached hydrogens (tertiary/aromatic N) is 3. The summed E-state index contributed by atoms with van der Waals surface area (Å²) < 4.78 is 24.2. The average Bonchev–Trinajstić information content (AvgIpc) is 3.21. The van der Waals surface area contributed by atoms with E-state index in [4.69, 9.17) is 24.2 Å². The zero-order valence-electron chi connectivity index (χ0n) is 22.4. The van der Waals surface area contributed by atoms with Gasteiger partial charge < -0.3 is 18.9 Å². The van der Waals surface area contributed by atoms with Gasteiger partial charge in [0, 0.05) is 0 Å². The summed E-state index contributed by atoms with van der Waals surface area (Å²) in [4.78, 5) is 32.1. The molecular weight excluding hydrogens is 518 g/mol. The van der Waals surface area contributed by atoms with Crippen molar-refractivity contribution in [2.24, 2.45) is 4.99 Å². The van der Waals surface area contributed by atoms with Gasteiger partial charge in [-0.15, -0.1) is 0 Å². The number of rotatable bonds is 9. The highest BCUT2D eigenvalue weighted by Gasteiger charge is 2.34. The van der Waals surface area contributed by atoms with E-state index >= 15 is 0 Å². The second-order valence-electron chi connectivity index (χ2n) is 8.90. The van der Waals surface area contributed by atoms with E-state index in [0.29, 0.717) is 37.8 Å². The first-order valence-electron chi connectivity index (χ1n) is 12.4. The minimum atomic E-state index is -0.783. The van der Waals surface area contributed by atoms with Crippen molar-refractivity contribution in [1.82, 2.24) is 4.57 Å². The van der Waals surface area contributed by atoms with Gasteiger partial charge in [-0.25, -0.2) is 9.79 Å². The van der Waals surface area contributed by atoms with Crippen LogP contribution in [0.15, 0.2) is 63.5 Å². The molecule has 0 amide bonds. The number of methoxy groups -OCH3 is 1. The second kappa shape index (κ2) is 12.0. The molecule has 1 atom stereocenters. The highest BCUT2D eigenvalue weighted by molar-refractivity contribution is 7.07. The van der Waals surface area contributed by atoms with Crippen LogP contribution >= 0.6 is 11.3 Å². The van der Waals surface area contributed by atoms with Gasteiger partial charge in [-0.1, -0.05) is 29.5 Å². The molecule has 0 fully saturated rings. The molecule has 9 nitrogen and oxygen atoms in total. The Hall–Kier alpha value is -4.36. The van der Waals surface area contributed by atoms with Gasteiger partial charge >= 0.3 is 5.97 Å². The van der Waals surface area contributed by atoms with Crippen LogP contribution in [0.3, 0.4) is 0 Å². The molecule has 0 N–H and O–H groups in total. The van der Waals surface area contributed by atoms with Gasteiger partial charge in [0.05, 0.1) is 41.7 Å². The molecule has 4 rings (SSSR count). The predicted octanol–water partition coefficient (Wildman–Crippen LogP) is 3.50. The predicted molar refractivity (Wildman–Crippen MR) is 147 cm³/mol. The van der Waals surface area contributed by atoms with Gasteiger partial charge in [0.15, 0.2) is 22.9 Å².